The van der Waals surface area contributed by atoms with Crippen molar-refractivity contribution in [3.8, 4) is 0 Å². The molecule has 0 saturated heterocycles. The molecule has 1 atom stereocenters. The summed E-state index contributed by atoms with van der Waals surface area (Å²) in [7, 11) is 0. The van der Waals surface area contributed by atoms with E-state index in [1.807, 2.05) is 6.92 Å². The minimum atomic E-state index is -0.432. The number of pyridine rings is 1. The second kappa shape index (κ2) is 5.26. The van der Waals surface area contributed by atoms with Gasteiger partial charge in [-0.2, -0.15) is 5.10 Å². The lowest BCUT2D eigenvalue weighted by Gasteiger charge is -2.12. The number of aromatic nitrogens is 4. The zero-order valence-corrected chi connectivity index (χ0v) is 11.5. The molecule has 94 valence electrons. The van der Waals surface area contributed by atoms with Gasteiger partial charge in [0, 0.05) is 10.7 Å². The van der Waals surface area contributed by atoms with Crippen molar-refractivity contribution in [3.63, 3.8) is 0 Å². The third-order valence-electron chi connectivity index (χ3n) is 2.51. The Balaban J connectivity index is 2.09. The lowest BCUT2D eigenvalue weighted by Crippen LogP contribution is -2.24. The van der Waals surface area contributed by atoms with Crippen LogP contribution in [0.15, 0.2) is 29.4 Å². The van der Waals surface area contributed by atoms with E-state index in [1.54, 1.807) is 19.2 Å². The zero-order chi connectivity index (χ0) is 13.1. The highest BCUT2D eigenvalue weighted by molar-refractivity contribution is 9.10. The lowest BCUT2D eigenvalue weighted by atomic mass is 10.3. The maximum absolute atomic E-state index is 12.0. The molecule has 2 aromatic rings. The largest absolute Gasteiger partial charge is 0.309 e. The topological polar surface area (TPSA) is 72.7 Å². The van der Waals surface area contributed by atoms with Crippen LogP contribution in [0.1, 0.15) is 18.5 Å². The summed E-state index contributed by atoms with van der Waals surface area (Å²) in [4.78, 5) is 19.9. The van der Waals surface area contributed by atoms with Gasteiger partial charge in [0.1, 0.15) is 24.5 Å². The molecule has 0 aliphatic heterocycles. The van der Waals surface area contributed by atoms with Crippen molar-refractivity contribution in [3.05, 3.63) is 35.0 Å². The van der Waals surface area contributed by atoms with Gasteiger partial charge in [0.2, 0.25) is 5.91 Å². The van der Waals surface area contributed by atoms with E-state index in [0.29, 0.717) is 5.82 Å². The van der Waals surface area contributed by atoms with Crippen molar-refractivity contribution in [1.82, 2.24) is 19.7 Å². The average Bonchev–Trinajstić information content (AvgIpc) is 2.86. The Morgan fingerprint density at radius 3 is 2.94 bits per heavy atom. The van der Waals surface area contributed by atoms with Gasteiger partial charge in [0.05, 0.1) is 0 Å². The molecule has 0 aromatic carbocycles. The number of carbonyl (C=O) groups is 1. The van der Waals surface area contributed by atoms with Gasteiger partial charge in [-0.1, -0.05) is 0 Å². The minimum Gasteiger partial charge on any atom is -0.309 e. The van der Waals surface area contributed by atoms with Gasteiger partial charge in [-0.3, -0.25) is 4.79 Å². The molecule has 1 N–H and O–H groups in total. The number of carbonyl (C=O) groups excluding carboxylic acids is 1. The van der Waals surface area contributed by atoms with E-state index in [9.17, 15) is 4.79 Å². The minimum absolute atomic E-state index is 0.185. The van der Waals surface area contributed by atoms with Gasteiger partial charge < -0.3 is 5.32 Å². The monoisotopic (exact) mass is 309 g/mol. The van der Waals surface area contributed by atoms with Gasteiger partial charge in [-0.25, -0.2) is 14.6 Å². The van der Waals surface area contributed by atoms with E-state index in [4.69, 9.17) is 0 Å². The summed E-state index contributed by atoms with van der Waals surface area (Å²) in [5, 5.41) is 6.67. The first-order chi connectivity index (χ1) is 8.58. The second-order valence-electron chi connectivity index (χ2n) is 3.86. The number of rotatable bonds is 3. The first-order valence-electron chi connectivity index (χ1n) is 5.35. The zero-order valence-electron chi connectivity index (χ0n) is 9.96. The number of amides is 1. The van der Waals surface area contributed by atoms with Gasteiger partial charge in [0.15, 0.2) is 0 Å². The van der Waals surface area contributed by atoms with Gasteiger partial charge >= 0.3 is 0 Å². The average molecular weight is 310 g/mol. The summed E-state index contributed by atoms with van der Waals surface area (Å²) in [6.07, 6.45) is 4.56. The molecule has 0 spiro atoms. The second-order valence-corrected chi connectivity index (χ2v) is 4.71. The van der Waals surface area contributed by atoms with Crippen LogP contribution in [-0.4, -0.2) is 25.7 Å². The van der Waals surface area contributed by atoms with Crippen LogP contribution >= 0.6 is 15.9 Å². The Hall–Kier alpha value is -1.76. The quantitative estimate of drug-likeness (QED) is 0.940. The number of halogens is 1. The van der Waals surface area contributed by atoms with Crippen LogP contribution in [0.4, 0.5) is 5.82 Å². The molecule has 0 saturated carbocycles. The van der Waals surface area contributed by atoms with Gasteiger partial charge in [-0.05, 0) is 41.4 Å². The molecule has 0 radical (unpaired) electrons. The molecule has 2 rings (SSSR count). The fourth-order valence-corrected chi connectivity index (χ4v) is 1.59. The van der Waals surface area contributed by atoms with E-state index in [-0.39, 0.29) is 5.91 Å². The summed E-state index contributed by atoms with van der Waals surface area (Å²) in [5.74, 6) is 0.336. The van der Waals surface area contributed by atoms with Crippen LogP contribution in [0.5, 0.6) is 0 Å². The number of aryl methyl sites for hydroxylation is 1. The Morgan fingerprint density at radius 2 is 2.33 bits per heavy atom. The third-order valence-corrected chi connectivity index (χ3v) is 3.34. The molecule has 2 aromatic heterocycles. The maximum atomic E-state index is 12.0. The number of hydrogen-bond acceptors (Lipinski definition) is 4. The Kier molecular flexibility index (Phi) is 3.71. The fraction of sp³-hybridized carbons (Fsp3) is 0.273. The van der Waals surface area contributed by atoms with E-state index < -0.39 is 6.04 Å². The molecule has 0 bridgehead atoms. The highest BCUT2D eigenvalue weighted by atomic mass is 79.9. The lowest BCUT2D eigenvalue weighted by molar-refractivity contribution is -0.119. The standard InChI is InChI=1S/C11H12BrN5O/c1-7-3-10(14-4-9(7)12)16-11(18)8(2)17-6-13-5-15-17/h3-6,8H,1-2H3,(H,14,16,18). The van der Waals surface area contributed by atoms with E-state index >= 15 is 0 Å². The van der Waals surface area contributed by atoms with Crippen molar-refractivity contribution in [2.75, 3.05) is 5.32 Å². The Bertz CT molecular complexity index is 555. The smallest absolute Gasteiger partial charge is 0.250 e. The normalized spacial score (nSPS) is 12.2. The Morgan fingerprint density at radius 1 is 1.56 bits per heavy atom. The third kappa shape index (κ3) is 2.73. The highest BCUT2D eigenvalue weighted by Crippen LogP contribution is 2.18. The molecule has 0 aliphatic rings. The van der Waals surface area contributed by atoms with Crippen molar-refractivity contribution in [2.24, 2.45) is 0 Å². The molecular weight excluding hydrogens is 298 g/mol. The first-order valence-corrected chi connectivity index (χ1v) is 6.14. The van der Waals surface area contributed by atoms with Crippen LogP contribution in [0.25, 0.3) is 0 Å². The van der Waals surface area contributed by atoms with Gasteiger partial charge in [-0.15, -0.1) is 0 Å². The van der Waals surface area contributed by atoms with Crippen molar-refractivity contribution in [2.45, 2.75) is 19.9 Å². The summed E-state index contributed by atoms with van der Waals surface area (Å²) in [5.41, 5.74) is 1.01. The fourth-order valence-electron chi connectivity index (χ4n) is 1.38. The van der Waals surface area contributed by atoms with E-state index in [2.05, 4.69) is 36.3 Å². The van der Waals surface area contributed by atoms with Crippen LogP contribution in [-0.2, 0) is 4.79 Å². The predicted molar refractivity (Wildman–Crippen MR) is 70.0 cm³/mol. The van der Waals surface area contributed by atoms with Crippen LogP contribution in [0, 0.1) is 6.92 Å². The van der Waals surface area contributed by atoms with Crippen molar-refractivity contribution >= 4 is 27.7 Å². The van der Waals surface area contributed by atoms with E-state index in [0.717, 1.165) is 10.0 Å². The maximum Gasteiger partial charge on any atom is 0.250 e. The van der Waals surface area contributed by atoms with Crippen LogP contribution < -0.4 is 5.32 Å². The molecule has 0 aliphatic carbocycles. The highest BCUT2D eigenvalue weighted by Gasteiger charge is 2.16. The molecular formula is C11H12BrN5O. The molecule has 18 heavy (non-hydrogen) atoms. The molecule has 2 heterocycles. The summed E-state index contributed by atoms with van der Waals surface area (Å²) >= 11 is 3.36. The van der Waals surface area contributed by atoms with Gasteiger partial charge in [0.25, 0.3) is 0 Å². The molecule has 7 heteroatoms. The Labute approximate surface area is 113 Å². The number of anilines is 1. The van der Waals surface area contributed by atoms with Crippen LogP contribution in [0.3, 0.4) is 0 Å². The van der Waals surface area contributed by atoms with Crippen molar-refractivity contribution in [1.29, 1.82) is 0 Å². The van der Waals surface area contributed by atoms with Crippen LogP contribution in [0.2, 0.25) is 0 Å². The number of nitrogens with one attached hydrogen (secondary N) is 1. The molecule has 0 fully saturated rings. The summed E-state index contributed by atoms with van der Waals surface area (Å²) in [6.45, 7) is 3.68. The molecule has 6 nitrogen and oxygen atoms in total. The first kappa shape index (κ1) is 12.7. The molecule has 1 amide bonds. The van der Waals surface area contributed by atoms with Crippen molar-refractivity contribution < 1.29 is 4.79 Å². The predicted octanol–water partition coefficient (Wildman–Crippen LogP) is 1.94. The number of hydrogen-bond donors (Lipinski definition) is 1. The van der Waals surface area contributed by atoms with E-state index in [1.165, 1.54) is 17.3 Å². The summed E-state index contributed by atoms with van der Waals surface area (Å²) < 4.78 is 2.39. The SMILES string of the molecule is Cc1cc(NC(=O)C(C)n2cncn2)ncc1Br. The summed E-state index contributed by atoms with van der Waals surface area (Å²) in [6, 6.07) is 1.37. The number of nitrogens with zero attached hydrogens (tertiary/aromatic N) is 4. The molecule has 1 unspecified atom stereocenters.